The largest absolute Gasteiger partial charge is 0.416 e. The monoisotopic (exact) mass is 592 g/mol. The van der Waals surface area contributed by atoms with E-state index in [0.717, 1.165) is 24.3 Å². The minimum atomic E-state index is -4.72. The van der Waals surface area contributed by atoms with Crippen LogP contribution in [0.2, 0.25) is 0 Å². The maximum Gasteiger partial charge on any atom is 0.416 e. The molecule has 1 atom stereocenters. The molecule has 1 aliphatic heterocycles. The van der Waals surface area contributed by atoms with Gasteiger partial charge in [-0.05, 0) is 49.5 Å². The first kappa shape index (κ1) is 29.4. The molecule has 2 aromatic heterocycles. The fourth-order valence-electron chi connectivity index (χ4n) is 5.36. The molecule has 3 heterocycles. The van der Waals surface area contributed by atoms with Gasteiger partial charge in [-0.3, -0.25) is 14.9 Å². The number of H-pyrrole nitrogens is 1. The normalized spacial score (nSPS) is 15.5. The van der Waals surface area contributed by atoms with Gasteiger partial charge in [-0.15, -0.1) is 0 Å². The third-order valence-electron chi connectivity index (χ3n) is 7.46. The number of aromatic amines is 1. The SMILES string of the molecule is CCN(CC)CC(O)Cn1cc(C2=C(c3c[nH]c4ccc(C(F)(F)F)cc34)C(=O)NC2=O)c2cc(C(F)(F)F)ccc21. The maximum atomic E-state index is 13.7. The minimum absolute atomic E-state index is 0.00645. The van der Waals surface area contributed by atoms with E-state index in [1.165, 1.54) is 29.1 Å². The summed E-state index contributed by atoms with van der Waals surface area (Å²) in [7, 11) is 0. The molecule has 2 aromatic carbocycles. The van der Waals surface area contributed by atoms with Crippen LogP contribution in [-0.2, 0) is 28.5 Å². The van der Waals surface area contributed by atoms with Gasteiger partial charge in [0.25, 0.3) is 11.8 Å². The van der Waals surface area contributed by atoms with Crippen molar-refractivity contribution in [2.24, 2.45) is 0 Å². The van der Waals surface area contributed by atoms with Crippen LogP contribution >= 0.6 is 0 Å². The molecule has 0 spiro atoms. The number of aliphatic hydroxyl groups excluding tert-OH is 1. The lowest BCUT2D eigenvalue weighted by molar-refractivity contribution is -0.138. The van der Waals surface area contributed by atoms with Crippen molar-refractivity contribution in [2.45, 2.75) is 38.8 Å². The van der Waals surface area contributed by atoms with E-state index in [0.29, 0.717) is 13.1 Å². The molecule has 0 saturated heterocycles. The Labute approximate surface area is 235 Å². The lowest BCUT2D eigenvalue weighted by Gasteiger charge is -2.22. The number of amides is 2. The molecule has 0 fully saturated rings. The van der Waals surface area contributed by atoms with E-state index >= 15 is 0 Å². The number of alkyl halides is 6. The number of nitrogens with zero attached hydrogens (tertiary/aromatic N) is 2. The maximum absolute atomic E-state index is 13.7. The number of hydrogen-bond donors (Lipinski definition) is 3. The Bertz CT molecular complexity index is 1730. The second-order valence-electron chi connectivity index (χ2n) is 10.1. The summed E-state index contributed by atoms with van der Waals surface area (Å²) in [5, 5.41) is 12.9. The van der Waals surface area contributed by atoms with Gasteiger partial charge in [-0.2, -0.15) is 26.3 Å². The first-order chi connectivity index (χ1) is 19.7. The van der Waals surface area contributed by atoms with Crippen molar-refractivity contribution in [2.75, 3.05) is 19.6 Å². The molecule has 2 amide bonds. The molecule has 0 saturated carbocycles. The van der Waals surface area contributed by atoms with E-state index in [1.807, 2.05) is 18.7 Å². The standard InChI is InChI=1S/C29H26F6N4O3/c1-3-38(4-2)12-17(40)13-39-14-21(19-10-16(29(33,34)35)6-8-23(19)39)25-24(26(41)37-27(25)42)20-11-36-22-7-5-15(9-18(20)22)28(30,31)32/h5-11,14,17,36,40H,3-4,12-13H2,1-2H3,(H,37,41,42). The number of aliphatic hydroxyl groups is 1. The fraction of sp³-hybridized carbons (Fsp3) is 0.310. The van der Waals surface area contributed by atoms with Crippen LogP contribution in [0.3, 0.4) is 0 Å². The zero-order chi connectivity index (χ0) is 30.6. The molecule has 222 valence electrons. The Morgan fingerprint density at radius 2 is 1.43 bits per heavy atom. The minimum Gasteiger partial charge on any atom is -0.390 e. The quantitative estimate of drug-likeness (QED) is 0.188. The molecule has 42 heavy (non-hydrogen) atoms. The van der Waals surface area contributed by atoms with E-state index in [1.54, 1.807) is 0 Å². The topological polar surface area (TPSA) is 90.4 Å². The van der Waals surface area contributed by atoms with Crippen LogP contribution in [0, 0.1) is 0 Å². The lowest BCUT2D eigenvalue weighted by atomic mass is 9.94. The van der Waals surface area contributed by atoms with Gasteiger partial charge in [0.15, 0.2) is 0 Å². The third-order valence-corrected chi connectivity index (χ3v) is 7.46. The molecule has 4 aromatic rings. The van der Waals surface area contributed by atoms with Gasteiger partial charge < -0.3 is 19.6 Å². The summed E-state index contributed by atoms with van der Waals surface area (Å²) >= 11 is 0. The van der Waals surface area contributed by atoms with Gasteiger partial charge in [0.2, 0.25) is 0 Å². The molecule has 3 N–H and O–H groups in total. The first-order valence-electron chi connectivity index (χ1n) is 13.1. The zero-order valence-electron chi connectivity index (χ0n) is 22.5. The number of imide groups is 1. The molecule has 1 unspecified atom stereocenters. The molecular weight excluding hydrogens is 566 g/mol. The predicted octanol–water partition coefficient (Wildman–Crippen LogP) is 5.43. The molecule has 7 nitrogen and oxygen atoms in total. The number of likely N-dealkylation sites (N-methyl/N-ethyl adjacent to an activating group) is 1. The zero-order valence-corrected chi connectivity index (χ0v) is 22.5. The predicted molar refractivity (Wildman–Crippen MR) is 144 cm³/mol. The van der Waals surface area contributed by atoms with Crippen molar-refractivity contribution in [3.63, 3.8) is 0 Å². The summed E-state index contributed by atoms with van der Waals surface area (Å²) in [6.07, 6.45) is -7.64. The number of carbonyl (C=O) groups is 2. The van der Waals surface area contributed by atoms with Gasteiger partial charge >= 0.3 is 12.4 Å². The number of aromatic nitrogens is 2. The Balaban J connectivity index is 1.73. The Kier molecular flexibility index (Phi) is 7.44. The number of nitrogens with one attached hydrogen (secondary N) is 2. The van der Waals surface area contributed by atoms with Crippen LogP contribution in [0.4, 0.5) is 26.3 Å². The fourth-order valence-corrected chi connectivity index (χ4v) is 5.36. The third kappa shape index (κ3) is 5.29. The van der Waals surface area contributed by atoms with Crippen LogP contribution in [0.15, 0.2) is 48.8 Å². The number of benzene rings is 2. The van der Waals surface area contributed by atoms with Crippen molar-refractivity contribution in [1.29, 1.82) is 0 Å². The summed E-state index contributed by atoms with van der Waals surface area (Å²) in [6, 6.07) is 5.86. The van der Waals surface area contributed by atoms with Crippen molar-refractivity contribution < 1.29 is 41.0 Å². The summed E-state index contributed by atoms with van der Waals surface area (Å²) < 4.78 is 83.1. The van der Waals surface area contributed by atoms with Crippen molar-refractivity contribution in [3.8, 4) is 0 Å². The van der Waals surface area contributed by atoms with E-state index in [2.05, 4.69) is 10.3 Å². The van der Waals surface area contributed by atoms with Crippen LogP contribution in [0.5, 0.6) is 0 Å². The second-order valence-corrected chi connectivity index (χ2v) is 10.1. The molecule has 13 heteroatoms. The smallest absolute Gasteiger partial charge is 0.390 e. The van der Waals surface area contributed by atoms with Gasteiger partial charge in [0, 0.05) is 58.4 Å². The summed E-state index contributed by atoms with van der Waals surface area (Å²) in [4.78, 5) is 31.0. The summed E-state index contributed by atoms with van der Waals surface area (Å²) in [6.45, 7) is 5.43. The summed E-state index contributed by atoms with van der Waals surface area (Å²) in [5.74, 6) is -1.81. The van der Waals surface area contributed by atoms with Gasteiger partial charge in [-0.25, -0.2) is 0 Å². The van der Waals surface area contributed by atoms with E-state index in [-0.39, 0.29) is 57.2 Å². The Hall–Kier alpha value is -4.10. The second kappa shape index (κ2) is 10.6. The number of rotatable bonds is 8. The van der Waals surface area contributed by atoms with Gasteiger partial charge in [0.1, 0.15) is 0 Å². The van der Waals surface area contributed by atoms with E-state index in [4.69, 9.17) is 0 Å². The highest BCUT2D eigenvalue weighted by Gasteiger charge is 2.37. The van der Waals surface area contributed by atoms with Crippen LogP contribution in [0.25, 0.3) is 33.0 Å². The van der Waals surface area contributed by atoms with Crippen molar-refractivity contribution >= 4 is 44.8 Å². The highest BCUT2D eigenvalue weighted by Crippen LogP contribution is 2.41. The van der Waals surface area contributed by atoms with Crippen LogP contribution in [-0.4, -0.2) is 57.1 Å². The first-order valence-corrected chi connectivity index (χ1v) is 13.1. The number of carbonyl (C=O) groups excluding carboxylic acids is 2. The van der Waals surface area contributed by atoms with E-state index in [9.17, 15) is 41.0 Å². The number of fused-ring (bicyclic) bond motifs is 2. The van der Waals surface area contributed by atoms with Crippen LogP contribution < -0.4 is 5.32 Å². The molecule has 1 aliphatic rings. The number of hydrogen-bond acceptors (Lipinski definition) is 4. The van der Waals surface area contributed by atoms with Crippen molar-refractivity contribution in [1.82, 2.24) is 19.8 Å². The van der Waals surface area contributed by atoms with E-state index < -0.39 is 41.4 Å². The molecule has 0 aliphatic carbocycles. The highest BCUT2D eigenvalue weighted by molar-refractivity contribution is 6.50. The van der Waals surface area contributed by atoms with Gasteiger partial charge in [-0.1, -0.05) is 13.8 Å². The van der Waals surface area contributed by atoms with Gasteiger partial charge in [0.05, 0.1) is 28.4 Å². The average molecular weight is 593 g/mol. The molecule has 0 bridgehead atoms. The molecular formula is C29H26F6N4O3. The lowest BCUT2D eigenvalue weighted by Crippen LogP contribution is -2.34. The molecule has 5 rings (SSSR count). The average Bonchev–Trinajstić information content (AvgIpc) is 3.57. The Morgan fingerprint density at radius 1 is 0.857 bits per heavy atom. The highest BCUT2D eigenvalue weighted by atomic mass is 19.4. The van der Waals surface area contributed by atoms with Crippen LogP contribution in [0.1, 0.15) is 36.1 Å². The summed E-state index contributed by atoms with van der Waals surface area (Å²) in [5.41, 5.74) is -2.02. The number of halogens is 6. The van der Waals surface area contributed by atoms with Crippen molar-refractivity contribution in [3.05, 3.63) is 71.0 Å². The Morgan fingerprint density at radius 3 is 2.02 bits per heavy atom. The molecule has 0 radical (unpaired) electrons.